The lowest BCUT2D eigenvalue weighted by molar-refractivity contribution is 0.163. The van der Waals surface area contributed by atoms with Gasteiger partial charge in [-0.1, -0.05) is 25.3 Å². The van der Waals surface area contributed by atoms with E-state index in [1.807, 2.05) is 11.8 Å². The van der Waals surface area contributed by atoms with Gasteiger partial charge in [0, 0.05) is 5.25 Å². The predicted octanol–water partition coefficient (Wildman–Crippen LogP) is 3.53. The van der Waals surface area contributed by atoms with Gasteiger partial charge in [0.1, 0.15) is 0 Å². The van der Waals surface area contributed by atoms with Gasteiger partial charge in [0.25, 0.3) is 0 Å². The van der Waals surface area contributed by atoms with Crippen molar-refractivity contribution in [3.63, 3.8) is 0 Å². The fourth-order valence-corrected chi connectivity index (χ4v) is 4.11. The summed E-state index contributed by atoms with van der Waals surface area (Å²) in [7, 11) is 0. The molecule has 1 fully saturated rings. The van der Waals surface area contributed by atoms with Crippen LogP contribution in [0, 0.1) is 0 Å². The van der Waals surface area contributed by atoms with Gasteiger partial charge in [-0.2, -0.15) is 0 Å². The van der Waals surface area contributed by atoms with E-state index in [4.69, 9.17) is 0 Å². The van der Waals surface area contributed by atoms with Crippen molar-refractivity contribution in [1.29, 1.82) is 0 Å². The second-order valence-corrected chi connectivity index (χ2v) is 6.28. The summed E-state index contributed by atoms with van der Waals surface area (Å²) in [6.45, 7) is 0. The second kappa shape index (κ2) is 5.19. The van der Waals surface area contributed by atoms with E-state index in [-0.39, 0.29) is 6.10 Å². The van der Waals surface area contributed by atoms with Gasteiger partial charge in [-0.3, -0.25) is 0 Å². The number of thioether (sulfide) groups is 1. The third-order valence-corrected chi connectivity index (χ3v) is 5.14. The first-order chi connectivity index (χ1) is 6.86. The smallest absolute Gasteiger partial charge is 0.0662 e. The molecule has 1 N–H and O–H groups in total. The summed E-state index contributed by atoms with van der Waals surface area (Å²) in [4.78, 5) is 0. The zero-order valence-electron chi connectivity index (χ0n) is 8.19. The average Bonchev–Trinajstić information content (AvgIpc) is 2.60. The van der Waals surface area contributed by atoms with Crippen LogP contribution in [-0.2, 0) is 0 Å². The minimum atomic E-state index is -0.0930. The SMILES string of the molecule is OC1CCCCCC1Sc1cccs1. The molecule has 1 aromatic heterocycles. The zero-order valence-corrected chi connectivity index (χ0v) is 9.82. The molecule has 14 heavy (non-hydrogen) atoms. The molecule has 1 aliphatic rings. The Morgan fingerprint density at radius 1 is 1.29 bits per heavy atom. The highest BCUT2D eigenvalue weighted by Gasteiger charge is 2.22. The lowest BCUT2D eigenvalue weighted by Gasteiger charge is -2.18. The van der Waals surface area contributed by atoms with E-state index in [1.165, 1.54) is 29.9 Å². The summed E-state index contributed by atoms with van der Waals surface area (Å²) in [5.74, 6) is 0. The molecule has 1 saturated carbocycles. The minimum absolute atomic E-state index is 0.0930. The number of thiophene rings is 1. The van der Waals surface area contributed by atoms with Crippen molar-refractivity contribution in [2.45, 2.75) is 47.7 Å². The lowest BCUT2D eigenvalue weighted by Crippen LogP contribution is -2.20. The van der Waals surface area contributed by atoms with Crippen LogP contribution in [0.2, 0.25) is 0 Å². The van der Waals surface area contributed by atoms with Crippen LogP contribution >= 0.6 is 23.1 Å². The number of rotatable bonds is 2. The fraction of sp³-hybridized carbons (Fsp3) is 0.636. The molecule has 1 aliphatic carbocycles. The molecule has 0 spiro atoms. The maximum absolute atomic E-state index is 9.93. The maximum Gasteiger partial charge on any atom is 0.0662 e. The molecule has 3 heteroatoms. The van der Waals surface area contributed by atoms with E-state index >= 15 is 0 Å². The summed E-state index contributed by atoms with van der Waals surface area (Å²) in [6, 6.07) is 4.23. The van der Waals surface area contributed by atoms with Crippen molar-refractivity contribution in [3.8, 4) is 0 Å². The number of aliphatic hydroxyl groups is 1. The molecule has 1 heterocycles. The molecule has 0 amide bonds. The summed E-state index contributed by atoms with van der Waals surface area (Å²) in [5.41, 5.74) is 0. The van der Waals surface area contributed by atoms with E-state index in [0.29, 0.717) is 5.25 Å². The molecule has 2 unspecified atom stereocenters. The number of hydrogen-bond donors (Lipinski definition) is 1. The second-order valence-electron chi connectivity index (χ2n) is 3.79. The van der Waals surface area contributed by atoms with Gasteiger partial charge >= 0.3 is 0 Å². The van der Waals surface area contributed by atoms with Crippen LogP contribution in [0.5, 0.6) is 0 Å². The van der Waals surface area contributed by atoms with Crippen molar-refractivity contribution in [2.24, 2.45) is 0 Å². The topological polar surface area (TPSA) is 20.2 Å². The van der Waals surface area contributed by atoms with Crippen LogP contribution in [-0.4, -0.2) is 16.5 Å². The van der Waals surface area contributed by atoms with Crippen molar-refractivity contribution in [3.05, 3.63) is 17.5 Å². The molecule has 2 atom stereocenters. The van der Waals surface area contributed by atoms with Gasteiger partial charge in [0.15, 0.2) is 0 Å². The minimum Gasteiger partial charge on any atom is -0.392 e. The van der Waals surface area contributed by atoms with Crippen LogP contribution in [0.1, 0.15) is 32.1 Å². The Balaban J connectivity index is 1.94. The molecule has 0 bridgehead atoms. The van der Waals surface area contributed by atoms with Crippen LogP contribution in [0.15, 0.2) is 21.7 Å². The Morgan fingerprint density at radius 3 is 2.93 bits per heavy atom. The van der Waals surface area contributed by atoms with Crippen LogP contribution in [0.4, 0.5) is 0 Å². The fourth-order valence-electron chi connectivity index (χ4n) is 1.87. The molecule has 0 aliphatic heterocycles. The van der Waals surface area contributed by atoms with E-state index in [2.05, 4.69) is 17.5 Å². The standard InChI is InChI=1S/C11H16OS2/c12-9-5-2-1-3-6-10(9)14-11-7-4-8-13-11/h4,7-10,12H,1-3,5-6H2. The van der Waals surface area contributed by atoms with Gasteiger partial charge in [-0.25, -0.2) is 0 Å². The van der Waals surface area contributed by atoms with Gasteiger partial charge < -0.3 is 5.11 Å². The summed E-state index contributed by atoms with van der Waals surface area (Å²) in [6.07, 6.45) is 5.83. The third-order valence-electron chi connectivity index (χ3n) is 2.68. The van der Waals surface area contributed by atoms with Gasteiger partial charge in [-0.15, -0.1) is 23.1 Å². The third kappa shape index (κ3) is 2.75. The maximum atomic E-state index is 9.93. The van der Waals surface area contributed by atoms with Gasteiger partial charge in [-0.05, 0) is 24.3 Å². The number of hydrogen-bond acceptors (Lipinski definition) is 3. The van der Waals surface area contributed by atoms with Gasteiger partial charge in [0.05, 0.1) is 10.3 Å². The normalized spacial score (nSPS) is 28.6. The van der Waals surface area contributed by atoms with Crippen molar-refractivity contribution >= 4 is 23.1 Å². The number of aliphatic hydroxyl groups excluding tert-OH is 1. The quantitative estimate of drug-likeness (QED) is 0.781. The first kappa shape index (κ1) is 10.5. The largest absolute Gasteiger partial charge is 0.392 e. The van der Waals surface area contributed by atoms with E-state index in [1.54, 1.807) is 11.3 Å². The molecule has 0 saturated heterocycles. The van der Waals surface area contributed by atoms with E-state index in [9.17, 15) is 5.11 Å². The molecule has 1 aromatic rings. The highest BCUT2D eigenvalue weighted by atomic mass is 32.2. The molecular formula is C11H16OS2. The summed E-state index contributed by atoms with van der Waals surface area (Å²) < 4.78 is 1.34. The highest BCUT2D eigenvalue weighted by Crippen LogP contribution is 2.35. The van der Waals surface area contributed by atoms with E-state index < -0.39 is 0 Å². The van der Waals surface area contributed by atoms with Crippen LogP contribution < -0.4 is 0 Å². The molecular weight excluding hydrogens is 212 g/mol. The lowest BCUT2D eigenvalue weighted by atomic mass is 10.1. The van der Waals surface area contributed by atoms with Crippen LogP contribution in [0.25, 0.3) is 0 Å². The Hall–Kier alpha value is 0.01000. The zero-order chi connectivity index (χ0) is 9.80. The Labute approximate surface area is 93.5 Å². The molecule has 0 radical (unpaired) electrons. The first-order valence-electron chi connectivity index (χ1n) is 5.24. The van der Waals surface area contributed by atoms with E-state index in [0.717, 1.165) is 6.42 Å². The Kier molecular flexibility index (Phi) is 3.90. The molecule has 78 valence electrons. The molecule has 1 nitrogen and oxygen atoms in total. The average molecular weight is 228 g/mol. The van der Waals surface area contributed by atoms with Crippen molar-refractivity contribution in [1.82, 2.24) is 0 Å². The van der Waals surface area contributed by atoms with Crippen molar-refractivity contribution < 1.29 is 5.11 Å². The predicted molar refractivity (Wildman–Crippen MR) is 63.1 cm³/mol. The summed E-state index contributed by atoms with van der Waals surface area (Å²) >= 11 is 3.64. The molecule has 0 aromatic carbocycles. The van der Waals surface area contributed by atoms with Crippen LogP contribution in [0.3, 0.4) is 0 Å². The highest BCUT2D eigenvalue weighted by molar-refractivity contribution is 8.01. The first-order valence-corrected chi connectivity index (χ1v) is 7.00. The van der Waals surface area contributed by atoms with Gasteiger partial charge in [0.2, 0.25) is 0 Å². The Bertz CT molecular complexity index is 258. The summed E-state index contributed by atoms with van der Waals surface area (Å²) in [5, 5.41) is 12.5. The van der Waals surface area contributed by atoms with Crippen molar-refractivity contribution in [2.75, 3.05) is 0 Å². The monoisotopic (exact) mass is 228 g/mol. The molecule has 2 rings (SSSR count). The Morgan fingerprint density at radius 2 is 2.14 bits per heavy atom.